The molecule has 1 heterocycles. The van der Waals surface area contributed by atoms with Gasteiger partial charge in [-0.1, -0.05) is 23.2 Å². The van der Waals surface area contributed by atoms with Gasteiger partial charge in [-0.2, -0.15) is 13.4 Å². The van der Waals surface area contributed by atoms with E-state index in [-0.39, 0.29) is 32.2 Å². The lowest BCUT2D eigenvalue weighted by atomic mass is 10.2. The van der Waals surface area contributed by atoms with E-state index in [0.29, 0.717) is 10.0 Å². The van der Waals surface area contributed by atoms with Crippen molar-refractivity contribution in [2.45, 2.75) is 11.8 Å². The topological polar surface area (TPSA) is 102 Å². The first kappa shape index (κ1) is 21.4. The Hall–Kier alpha value is -2.33. The van der Waals surface area contributed by atoms with E-state index in [0.717, 1.165) is 11.8 Å². The van der Waals surface area contributed by atoms with E-state index in [2.05, 4.69) is 10.3 Å². The number of thioether (sulfide) groups is 1. The maximum absolute atomic E-state index is 12.6. The molecule has 0 aliphatic carbocycles. The van der Waals surface area contributed by atoms with Gasteiger partial charge in [0.05, 0.1) is 4.91 Å². The van der Waals surface area contributed by atoms with Gasteiger partial charge in [-0.15, -0.1) is 0 Å². The molecule has 2 aromatic rings. The van der Waals surface area contributed by atoms with Gasteiger partial charge >= 0.3 is 10.1 Å². The van der Waals surface area contributed by atoms with E-state index < -0.39 is 16.0 Å². The van der Waals surface area contributed by atoms with Crippen LogP contribution in [-0.4, -0.2) is 25.4 Å². The molecule has 1 N–H and O–H groups in total. The highest BCUT2D eigenvalue weighted by Gasteiger charge is 2.24. The smallest absolute Gasteiger partial charge is 0.339 e. The number of amides is 2. The summed E-state index contributed by atoms with van der Waals surface area (Å²) in [5.41, 5.74) is 0.255. The van der Waals surface area contributed by atoms with Gasteiger partial charge in [-0.3, -0.25) is 9.59 Å². The van der Waals surface area contributed by atoms with E-state index in [4.69, 9.17) is 27.4 Å². The molecule has 0 radical (unpaired) electrons. The number of amidine groups is 1. The highest BCUT2D eigenvalue weighted by molar-refractivity contribution is 8.18. The zero-order valence-corrected chi connectivity index (χ0v) is 17.8. The third kappa shape index (κ3) is 5.39. The van der Waals surface area contributed by atoms with Crippen LogP contribution in [0.15, 0.2) is 57.3 Å². The summed E-state index contributed by atoms with van der Waals surface area (Å²) < 4.78 is 30.4. The monoisotopic (exact) mass is 470 g/mol. The van der Waals surface area contributed by atoms with E-state index in [1.54, 1.807) is 0 Å². The summed E-state index contributed by atoms with van der Waals surface area (Å²) in [6.45, 7) is 1.29. The minimum absolute atomic E-state index is 0.0294. The molecule has 3 rings (SSSR count). The van der Waals surface area contributed by atoms with Gasteiger partial charge in [-0.05, 0) is 60.3 Å². The third-order valence-electron chi connectivity index (χ3n) is 3.46. The van der Waals surface area contributed by atoms with Crippen LogP contribution in [0.25, 0.3) is 6.08 Å². The lowest BCUT2D eigenvalue weighted by Crippen LogP contribution is -2.23. The van der Waals surface area contributed by atoms with Crippen LogP contribution >= 0.6 is 35.0 Å². The van der Waals surface area contributed by atoms with Crippen molar-refractivity contribution in [2.24, 2.45) is 4.99 Å². The van der Waals surface area contributed by atoms with E-state index >= 15 is 0 Å². The fraction of sp³-hybridized carbons (Fsp3) is 0.0556. The number of benzene rings is 2. The lowest BCUT2D eigenvalue weighted by Gasteiger charge is -2.10. The lowest BCUT2D eigenvalue weighted by molar-refractivity contribution is -0.117. The number of hydrogen-bond acceptors (Lipinski definition) is 6. The van der Waals surface area contributed by atoms with Crippen LogP contribution < -0.4 is 9.50 Å². The van der Waals surface area contributed by atoms with Gasteiger partial charge in [0.15, 0.2) is 5.17 Å². The summed E-state index contributed by atoms with van der Waals surface area (Å²) in [5.74, 6) is -0.977. The van der Waals surface area contributed by atoms with E-state index in [9.17, 15) is 18.0 Å². The Morgan fingerprint density at radius 3 is 2.45 bits per heavy atom. The second-order valence-corrected chi connectivity index (χ2v) is 9.14. The Morgan fingerprint density at radius 2 is 1.79 bits per heavy atom. The third-order valence-corrected chi connectivity index (χ3v) is 6.10. The van der Waals surface area contributed by atoms with Crippen LogP contribution in [0.1, 0.15) is 12.5 Å². The van der Waals surface area contributed by atoms with E-state index in [1.165, 1.54) is 55.5 Å². The molecule has 0 aromatic heterocycles. The summed E-state index contributed by atoms with van der Waals surface area (Å²) in [6.07, 6.45) is 1.39. The molecular formula is C18H12Cl2N2O5S2. The average molecular weight is 471 g/mol. The van der Waals surface area contributed by atoms with Crippen LogP contribution in [0.5, 0.6) is 5.75 Å². The number of halogens is 2. The fourth-order valence-corrected chi connectivity index (χ4v) is 4.34. The fourth-order valence-electron chi connectivity index (χ4n) is 2.23. The molecular weight excluding hydrogens is 459 g/mol. The van der Waals surface area contributed by atoms with Gasteiger partial charge in [0.1, 0.15) is 10.6 Å². The van der Waals surface area contributed by atoms with Gasteiger partial charge < -0.3 is 9.50 Å². The number of carbonyl (C=O) groups is 2. The molecule has 7 nitrogen and oxygen atoms in total. The Morgan fingerprint density at radius 1 is 1.14 bits per heavy atom. The molecule has 2 amide bonds. The average Bonchev–Trinajstić information content (AvgIpc) is 2.96. The predicted octanol–water partition coefficient (Wildman–Crippen LogP) is 3.87. The molecule has 0 atom stereocenters. The molecule has 0 bridgehead atoms. The minimum atomic E-state index is -4.15. The summed E-state index contributed by atoms with van der Waals surface area (Å²) in [4.78, 5) is 27.0. The molecule has 1 aliphatic rings. The number of carbonyl (C=O) groups excluding carboxylic acids is 2. The minimum Gasteiger partial charge on any atom is -0.378 e. The SMILES string of the molecule is CC(=O)NC1=NC(=O)/C(=C\c2cc(Cl)ccc2OS(=O)(=O)c2ccc(Cl)cc2)S1. The first-order chi connectivity index (χ1) is 13.6. The second kappa shape index (κ2) is 8.58. The van der Waals surface area contributed by atoms with Gasteiger partial charge in [-0.25, -0.2) is 0 Å². The molecule has 11 heteroatoms. The van der Waals surface area contributed by atoms with Crippen molar-refractivity contribution in [3.8, 4) is 5.75 Å². The molecule has 2 aromatic carbocycles. The zero-order chi connectivity index (χ0) is 21.2. The molecule has 0 fully saturated rings. The molecule has 1 aliphatic heterocycles. The maximum Gasteiger partial charge on any atom is 0.339 e. The molecule has 0 saturated carbocycles. The van der Waals surface area contributed by atoms with Crippen molar-refractivity contribution in [3.63, 3.8) is 0 Å². The quantitative estimate of drug-likeness (QED) is 0.537. The first-order valence-electron chi connectivity index (χ1n) is 7.94. The molecule has 29 heavy (non-hydrogen) atoms. The highest BCUT2D eigenvalue weighted by atomic mass is 35.5. The first-order valence-corrected chi connectivity index (χ1v) is 10.9. The maximum atomic E-state index is 12.6. The van der Waals surface area contributed by atoms with Gasteiger partial charge in [0, 0.05) is 22.5 Å². The molecule has 0 spiro atoms. The Labute approximate surface area is 180 Å². The van der Waals surface area contributed by atoms with Crippen LogP contribution in [-0.2, 0) is 19.7 Å². The highest BCUT2D eigenvalue weighted by Crippen LogP contribution is 2.33. The van der Waals surface area contributed by atoms with Crippen LogP contribution in [0.4, 0.5) is 0 Å². The van der Waals surface area contributed by atoms with Gasteiger partial charge in [0.2, 0.25) is 5.91 Å². The van der Waals surface area contributed by atoms with Crippen molar-refractivity contribution in [1.82, 2.24) is 5.32 Å². The summed E-state index contributed by atoms with van der Waals surface area (Å²) in [6, 6.07) is 9.77. The van der Waals surface area contributed by atoms with Crippen molar-refractivity contribution in [3.05, 3.63) is 63.0 Å². The Balaban J connectivity index is 1.92. The van der Waals surface area contributed by atoms with Gasteiger partial charge in [0.25, 0.3) is 5.91 Å². The Bertz CT molecular complexity index is 1160. The number of nitrogens with one attached hydrogen (secondary N) is 1. The molecule has 0 unspecified atom stereocenters. The summed E-state index contributed by atoms with van der Waals surface area (Å²) in [5, 5.41) is 3.25. The van der Waals surface area contributed by atoms with Crippen molar-refractivity contribution >= 4 is 68.1 Å². The predicted molar refractivity (Wildman–Crippen MR) is 113 cm³/mol. The van der Waals surface area contributed by atoms with Crippen molar-refractivity contribution in [1.29, 1.82) is 0 Å². The standard InChI is InChI=1S/C18H12Cl2N2O5S2/c1-10(23)21-18-22-17(24)16(28-18)9-11-8-13(20)4-7-15(11)27-29(25,26)14-5-2-12(19)3-6-14/h2-9H,1H3,(H,21,22,23,24)/b16-9+. The largest absolute Gasteiger partial charge is 0.378 e. The van der Waals surface area contributed by atoms with Crippen LogP contribution in [0.2, 0.25) is 10.0 Å². The van der Waals surface area contributed by atoms with Crippen LogP contribution in [0.3, 0.4) is 0 Å². The number of hydrogen-bond donors (Lipinski definition) is 1. The second-order valence-electron chi connectivity index (χ2n) is 5.69. The van der Waals surface area contributed by atoms with E-state index in [1.807, 2.05) is 0 Å². The van der Waals surface area contributed by atoms with Crippen molar-refractivity contribution in [2.75, 3.05) is 0 Å². The Kier molecular flexibility index (Phi) is 6.33. The number of rotatable bonds is 4. The normalized spacial score (nSPS) is 15.3. The number of nitrogens with zero attached hydrogens (tertiary/aromatic N) is 1. The van der Waals surface area contributed by atoms with Crippen molar-refractivity contribution < 1.29 is 22.2 Å². The number of aliphatic imine (C=N–C) groups is 1. The molecule has 150 valence electrons. The summed E-state index contributed by atoms with van der Waals surface area (Å²) in [7, 11) is -4.15. The zero-order valence-electron chi connectivity index (χ0n) is 14.7. The van der Waals surface area contributed by atoms with Crippen LogP contribution in [0, 0.1) is 0 Å². The molecule has 0 saturated heterocycles. The summed E-state index contributed by atoms with van der Waals surface area (Å²) >= 11 is 12.7.